The molecule has 0 saturated heterocycles. The maximum atomic E-state index is 12.3. The van der Waals surface area contributed by atoms with Gasteiger partial charge >= 0.3 is 11.7 Å². The highest BCUT2D eigenvalue weighted by atomic mass is 32.2. The minimum Gasteiger partial charge on any atom is -0.459 e. The van der Waals surface area contributed by atoms with Crippen molar-refractivity contribution in [3.8, 4) is 0 Å². The molecule has 8 nitrogen and oxygen atoms in total. The van der Waals surface area contributed by atoms with Gasteiger partial charge in [0.1, 0.15) is 11.1 Å². The van der Waals surface area contributed by atoms with Crippen molar-refractivity contribution < 1.29 is 9.53 Å². The SMILES string of the molecule is CC(C)(C)OC(=O)CSc1nc(N)c2[nH]c(=O)n(Cc3ccccc3)c2n1. The molecule has 0 aliphatic rings. The zero-order valence-electron chi connectivity index (χ0n) is 15.4. The Morgan fingerprint density at radius 3 is 2.63 bits per heavy atom. The fourth-order valence-corrected chi connectivity index (χ4v) is 3.12. The van der Waals surface area contributed by atoms with Gasteiger partial charge in [-0.25, -0.2) is 14.8 Å². The van der Waals surface area contributed by atoms with Gasteiger partial charge in [-0.1, -0.05) is 42.1 Å². The Morgan fingerprint density at radius 2 is 1.96 bits per heavy atom. The van der Waals surface area contributed by atoms with Crippen molar-refractivity contribution in [1.82, 2.24) is 19.5 Å². The van der Waals surface area contributed by atoms with Gasteiger partial charge < -0.3 is 15.5 Å². The Balaban J connectivity index is 1.87. The molecule has 2 aromatic heterocycles. The Hall–Kier alpha value is -2.81. The number of ether oxygens (including phenoxy) is 1. The molecule has 142 valence electrons. The number of benzene rings is 1. The number of nitrogens with zero attached hydrogens (tertiary/aromatic N) is 3. The standard InChI is InChI=1S/C18H21N5O3S/c1-18(2,3)26-12(24)10-27-16-21-14(19)13-15(22-16)23(17(25)20-13)9-11-7-5-4-6-8-11/h4-8H,9-10H2,1-3H3,(H,20,25)(H2,19,21,22). The van der Waals surface area contributed by atoms with Gasteiger partial charge in [0, 0.05) is 0 Å². The van der Waals surface area contributed by atoms with E-state index in [1.807, 2.05) is 30.3 Å². The molecular weight excluding hydrogens is 366 g/mol. The molecule has 0 spiro atoms. The van der Waals surface area contributed by atoms with Crippen molar-refractivity contribution in [2.45, 2.75) is 38.1 Å². The summed E-state index contributed by atoms with van der Waals surface area (Å²) in [5.41, 5.74) is 6.85. The van der Waals surface area contributed by atoms with E-state index in [1.54, 1.807) is 20.8 Å². The van der Waals surface area contributed by atoms with Crippen LogP contribution in [0, 0.1) is 0 Å². The first kappa shape index (κ1) is 19.0. The highest BCUT2D eigenvalue weighted by molar-refractivity contribution is 7.99. The molecule has 0 saturated carbocycles. The molecule has 0 unspecified atom stereocenters. The van der Waals surface area contributed by atoms with Crippen LogP contribution in [0.25, 0.3) is 11.2 Å². The average molecular weight is 387 g/mol. The van der Waals surface area contributed by atoms with Gasteiger partial charge in [-0.15, -0.1) is 0 Å². The molecule has 0 radical (unpaired) electrons. The van der Waals surface area contributed by atoms with E-state index in [2.05, 4.69) is 15.0 Å². The van der Waals surface area contributed by atoms with Gasteiger partial charge in [-0.3, -0.25) is 9.36 Å². The van der Waals surface area contributed by atoms with Crippen LogP contribution in [0.1, 0.15) is 26.3 Å². The number of thioether (sulfide) groups is 1. The maximum absolute atomic E-state index is 12.3. The minimum absolute atomic E-state index is 0.0511. The summed E-state index contributed by atoms with van der Waals surface area (Å²) in [5.74, 6) is -0.156. The van der Waals surface area contributed by atoms with E-state index in [4.69, 9.17) is 10.5 Å². The number of aromatic amines is 1. The zero-order chi connectivity index (χ0) is 19.6. The molecule has 0 bridgehead atoms. The fraction of sp³-hybridized carbons (Fsp3) is 0.333. The van der Waals surface area contributed by atoms with Crippen LogP contribution in [-0.2, 0) is 16.1 Å². The van der Waals surface area contributed by atoms with E-state index in [0.717, 1.165) is 17.3 Å². The molecule has 3 aromatic rings. The minimum atomic E-state index is -0.557. The number of rotatable bonds is 5. The quantitative estimate of drug-likeness (QED) is 0.391. The molecule has 27 heavy (non-hydrogen) atoms. The lowest BCUT2D eigenvalue weighted by atomic mass is 10.2. The topological polar surface area (TPSA) is 116 Å². The van der Waals surface area contributed by atoms with E-state index in [9.17, 15) is 9.59 Å². The fourth-order valence-electron chi connectivity index (χ4n) is 2.50. The van der Waals surface area contributed by atoms with Crippen molar-refractivity contribution in [2.24, 2.45) is 0 Å². The van der Waals surface area contributed by atoms with Gasteiger partial charge in [0.2, 0.25) is 0 Å². The Bertz CT molecular complexity index is 1020. The van der Waals surface area contributed by atoms with Crippen molar-refractivity contribution in [3.05, 3.63) is 46.4 Å². The first-order valence-corrected chi connectivity index (χ1v) is 9.36. The van der Waals surface area contributed by atoms with Crippen molar-refractivity contribution in [1.29, 1.82) is 0 Å². The third-order valence-corrected chi connectivity index (χ3v) is 4.37. The molecule has 3 N–H and O–H groups in total. The largest absolute Gasteiger partial charge is 0.459 e. The number of fused-ring (bicyclic) bond motifs is 1. The smallest absolute Gasteiger partial charge is 0.328 e. The third-order valence-electron chi connectivity index (χ3n) is 3.55. The molecule has 2 heterocycles. The summed E-state index contributed by atoms with van der Waals surface area (Å²) >= 11 is 1.12. The summed E-state index contributed by atoms with van der Waals surface area (Å²) in [6.07, 6.45) is 0. The lowest BCUT2D eigenvalue weighted by molar-refractivity contribution is -0.151. The van der Waals surface area contributed by atoms with Crippen molar-refractivity contribution in [3.63, 3.8) is 0 Å². The number of imidazole rings is 1. The van der Waals surface area contributed by atoms with E-state index in [0.29, 0.717) is 22.9 Å². The molecule has 1 aromatic carbocycles. The summed E-state index contributed by atoms with van der Waals surface area (Å²) in [6.45, 7) is 5.76. The van der Waals surface area contributed by atoms with Crippen molar-refractivity contribution >= 4 is 34.7 Å². The molecule has 0 aliphatic heterocycles. The number of nitrogens with two attached hydrogens (primary N) is 1. The lowest BCUT2D eigenvalue weighted by Gasteiger charge is -2.19. The molecule has 0 fully saturated rings. The number of esters is 1. The normalized spacial score (nSPS) is 11.7. The Kier molecular flexibility index (Phi) is 5.22. The number of nitrogen functional groups attached to an aromatic ring is 1. The van der Waals surface area contributed by atoms with Gasteiger partial charge in [0.25, 0.3) is 0 Å². The van der Waals surface area contributed by atoms with Gasteiger partial charge in [0.15, 0.2) is 16.6 Å². The van der Waals surface area contributed by atoms with E-state index >= 15 is 0 Å². The molecule has 0 aliphatic carbocycles. The number of hydrogen-bond donors (Lipinski definition) is 2. The average Bonchev–Trinajstić information content (AvgIpc) is 2.89. The zero-order valence-corrected chi connectivity index (χ0v) is 16.2. The molecular formula is C18H21N5O3S. The van der Waals surface area contributed by atoms with Crippen LogP contribution in [-0.4, -0.2) is 36.8 Å². The number of nitrogens with one attached hydrogen (secondary N) is 1. The predicted octanol–water partition coefficient (Wildman–Crippen LogP) is 2.18. The van der Waals surface area contributed by atoms with Crippen LogP contribution in [0.5, 0.6) is 0 Å². The Morgan fingerprint density at radius 1 is 1.26 bits per heavy atom. The van der Waals surface area contributed by atoms with Crippen molar-refractivity contribution in [2.75, 3.05) is 11.5 Å². The molecule has 0 amide bonds. The number of carbonyl (C=O) groups excluding carboxylic acids is 1. The number of H-pyrrole nitrogens is 1. The van der Waals surface area contributed by atoms with Crippen LogP contribution in [0.2, 0.25) is 0 Å². The second-order valence-electron chi connectivity index (χ2n) is 6.97. The second-order valence-corrected chi connectivity index (χ2v) is 7.91. The maximum Gasteiger partial charge on any atom is 0.328 e. The number of carbonyl (C=O) groups is 1. The lowest BCUT2D eigenvalue weighted by Crippen LogP contribution is -2.25. The first-order valence-electron chi connectivity index (χ1n) is 8.37. The predicted molar refractivity (Wildman–Crippen MR) is 105 cm³/mol. The van der Waals surface area contributed by atoms with Gasteiger partial charge in [-0.05, 0) is 26.3 Å². The highest BCUT2D eigenvalue weighted by Gasteiger charge is 2.18. The monoisotopic (exact) mass is 387 g/mol. The summed E-state index contributed by atoms with van der Waals surface area (Å²) in [7, 11) is 0. The van der Waals surface area contributed by atoms with Gasteiger partial charge in [-0.2, -0.15) is 0 Å². The summed E-state index contributed by atoms with van der Waals surface area (Å²) in [4.78, 5) is 35.5. The number of anilines is 1. The summed E-state index contributed by atoms with van der Waals surface area (Å²) < 4.78 is 6.78. The number of hydrogen-bond acceptors (Lipinski definition) is 7. The van der Waals surface area contributed by atoms with E-state index in [-0.39, 0.29) is 23.2 Å². The molecule has 3 rings (SSSR count). The highest BCUT2D eigenvalue weighted by Crippen LogP contribution is 2.21. The van der Waals surface area contributed by atoms with Crippen LogP contribution in [0.4, 0.5) is 5.82 Å². The summed E-state index contributed by atoms with van der Waals surface area (Å²) in [6, 6.07) is 9.57. The van der Waals surface area contributed by atoms with Crippen LogP contribution < -0.4 is 11.4 Å². The molecule has 0 atom stereocenters. The Labute approximate surface area is 160 Å². The van der Waals surface area contributed by atoms with E-state index < -0.39 is 5.60 Å². The van der Waals surface area contributed by atoms with Crippen LogP contribution in [0.3, 0.4) is 0 Å². The number of aromatic nitrogens is 4. The van der Waals surface area contributed by atoms with Crippen LogP contribution in [0.15, 0.2) is 40.3 Å². The summed E-state index contributed by atoms with van der Waals surface area (Å²) in [5, 5.41) is 0.312. The van der Waals surface area contributed by atoms with Crippen LogP contribution >= 0.6 is 11.8 Å². The first-order chi connectivity index (χ1) is 12.7. The molecule has 9 heteroatoms. The van der Waals surface area contributed by atoms with Gasteiger partial charge in [0.05, 0.1) is 12.3 Å². The third kappa shape index (κ3) is 4.68. The van der Waals surface area contributed by atoms with E-state index in [1.165, 1.54) is 4.57 Å². The second kappa shape index (κ2) is 7.43.